The third-order valence-corrected chi connectivity index (χ3v) is 3.51. The Morgan fingerprint density at radius 3 is 2.40 bits per heavy atom. The highest BCUT2D eigenvalue weighted by molar-refractivity contribution is 5.89. The predicted molar refractivity (Wildman–Crippen MR) is 85.4 cm³/mol. The molecule has 0 aliphatic heterocycles. The Bertz CT molecular complexity index is 881. The van der Waals surface area contributed by atoms with E-state index in [1.165, 1.54) is 18.3 Å². The first-order valence-corrected chi connectivity index (χ1v) is 7.34. The molecular formula is C17H13F4N3O. The number of rotatable bonds is 4. The highest BCUT2D eigenvalue weighted by atomic mass is 19.4. The molecule has 1 heterocycles. The zero-order valence-electron chi connectivity index (χ0n) is 13.0. The normalized spacial score (nSPS) is 12.8. The monoisotopic (exact) mass is 351 g/mol. The Kier molecular flexibility index (Phi) is 4.43. The summed E-state index contributed by atoms with van der Waals surface area (Å²) < 4.78 is 55.8. The Hall–Kier alpha value is -2.90. The van der Waals surface area contributed by atoms with E-state index in [1.54, 1.807) is 30.3 Å². The molecule has 0 radical (unpaired) electrons. The minimum atomic E-state index is -4.49. The van der Waals surface area contributed by atoms with Crippen LogP contribution in [0.3, 0.4) is 0 Å². The fraction of sp³-hybridized carbons (Fsp3) is 0.176. The van der Waals surface area contributed by atoms with E-state index >= 15 is 0 Å². The molecular weight excluding hydrogens is 338 g/mol. The Morgan fingerprint density at radius 2 is 1.72 bits per heavy atom. The molecule has 0 saturated heterocycles. The number of halogens is 4. The van der Waals surface area contributed by atoms with Gasteiger partial charge in [-0.3, -0.25) is 0 Å². The van der Waals surface area contributed by atoms with Crippen molar-refractivity contribution in [2.45, 2.75) is 19.2 Å². The molecule has 0 spiro atoms. The molecule has 0 fully saturated rings. The largest absolute Gasteiger partial charge is 0.463 e. The lowest BCUT2D eigenvalue weighted by Gasteiger charge is -2.17. The van der Waals surface area contributed by atoms with Crippen LogP contribution in [0.2, 0.25) is 0 Å². The van der Waals surface area contributed by atoms with Gasteiger partial charge in [-0.1, -0.05) is 0 Å². The van der Waals surface area contributed by atoms with Crippen LogP contribution >= 0.6 is 0 Å². The maximum absolute atomic E-state index is 12.9. The fourth-order valence-corrected chi connectivity index (χ4v) is 2.16. The number of anilines is 2. The van der Waals surface area contributed by atoms with Crippen LogP contribution < -0.4 is 10.1 Å². The molecule has 1 N–H and O–H groups in total. The van der Waals surface area contributed by atoms with Crippen molar-refractivity contribution < 1.29 is 22.3 Å². The molecule has 0 aliphatic carbocycles. The first-order valence-electron chi connectivity index (χ1n) is 7.34. The van der Waals surface area contributed by atoms with Crippen molar-refractivity contribution in [1.82, 2.24) is 10.2 Å². The average Bonchev–Trinajstić information content (AvgIpc) is 2.56. The summed E-state index contributed by atoms with van der Waals surface area (Å²) in [5.41, 5.74) is 1.34. The van der Waals surface area contributed by atoms with E-state index in [4.69, 9.17) is 4.74 Å². The zero-order chi connectivity index (χ0) is 18.0. The van der Waals surface area contributed by atoms with Crippen LogP contribution in [0.1, 0.15) is 6.92 Å². The molecule has 3 aromatic rings. The fourth-order valence-electron chi connectivity index (χ4n) is 2.16. The SMILES string of the molecule is CC(Oc1nncc2cc(Nc3ccc(F)cc3)ccc12)C(F)(F)F. The van der Waals surface area contributed by atoms with Crippen molar-refractivity contribution in [1.29, 1.82) is 0 Å². The molecule has 1 unspecified atom stereocenters. The van der Waals surface area contributed by atoms with Gasteiger partial charge >= 0.3 is 6.18 Å². The van der Waals surface area contributed by atoms with E-state index in [0.717, 1.165) is 6.92 Å². The molecule has 1 atom stereocenters. The topological polar surface area (TPSA) is 47.0 Å². The van der Waals surface area contributed by atoms with E-state index < -0.39 is 12.3 Å². The summed E-state index contributed by atoms with van der Waals surface area (Å²) in [5.74, 6) is -0.532. The number of hydrogen-bond donors (Lipinski definition) is 1. The summed E-state index contributed by atoms with van der Waals surface area (Å²) in [4.78, 5) is 0. The first kappa shape index (κ1) is 16.9. The molecule has 25 heavy (non-hydrogen) atoms. The third kappa shape index (κ3) is 3.96. The summed E-state index contributed by atoms with van der Waals surface area (Å²) >= 11 is 0. The van der Waals surface area contributed by atoms with E-state index in [0.29, 0.717) is 22.1 Å². The summed E-state index contributed by atoms with van der Waals surface area (Å²) in [6, 6.07) is 10.7. The maximum atomic E-state index is 12.9. The number of aromatic nitrogens is 2. The number of hydrogen-bond acceptors (Lipinski definition) is 4. The van der Waals surface area contributed by atoms with Crippen molar-refractivity contribution in [2.75, 3.05) is 5.32 Å². The lowest BCUT2D eigenvalue weighted by atomic mass is 10.1. The smallest absolute Gasteiger partial charge is 0.425 e. The van der Waals surface area contributed by atoms with Crippen molar-refractivity contribution in [3.05, 3.63) is 54.5 Å². The number of ether oxygens (including phenoxy) is 1. The molecule has 1 aromatic heterocycles. The molecule has 0 amide bonds. The van der Waals surface area contributed by atoms with Gasteiger partial charge in [0.05, 0.1) is 6.20 Å². The Balaban J connectivity index is 1.87. The highest BCUT2D eigenvalue weighted by Crippen LogP contribution is 2.30. The number of fused-ring (bicyclic) bond motifs is 1. The highest BCUT2D eigenvalue weighted by Gasteiger charge is 2.38. The van der Waals surface area contributed by atoms with Crippen LogP contribution in [-0.4, -0.2) is 22.5 Å². The summed E-state index contributed by atoms with van der Waals surface area (Å²) in [5, 5.41) is 11.4. The van der Waals surface area contributed by atoms with Crippen molar-refractivity contribution in [3.63, 3.8) is 0 Å². The van der Waals surface area contributed by atoms with Gasteiger partial charge in [-0.05, 0) is 49.4 Å². The van der Waals surface area contributed by atoms with Gasteiger partial charge in [0.25, 0.3) is 0 Å². The van der Waals surface area contributed by atoms with Crippen LogP contribution in [-0.2, 0) is 0 Å². The predicted octanol–water partition coefficient (Wildman–Crippen LogP) is 4.84. The van der Waals surface area contributed by atoms with Crippen molar-refractivity contribution >= 4 is 22.1 Å². The molecule has 0 aliphatic rings. The van der Waals surface area contributed by atoms with Crippen LogP contribution in [0, 0.1) is 5.82 Å². The van der Waals surface area contributed by atoms with Gasteiger partial charge < -0.3 is 10.1 Å². The summed E-state index contributed by atoms with van der Waals surface area (Å²) in [7, 11) is 0. The first-order chi connectivity index (χ1) is 11.8. The molecule has 0 saturated carbocycles. The number of nitrogens with zero attached hydrogens (tertiary/aromatic N) is 2. The second-order valence-corrected chi connectivity index (χ2v) is 5.39. The Morgan fingerprint density at radius 1 is 1.04 bits per heavy atom. The van der Waals surface area contributed by atoms with Gasteiger partial charge in [0.1, 0.15) is 5.82 Å². The van der Waals surface area contributed by atoms with Crippen LogP contribution in [0.15, 0.2) is 48.7 Å². The molecule has 8 heteroatoms. The number of benzene rings is 2. The van der Waals surface area contributed by atoms with Gasteiger partial charge in [-0.25, -0.2) is 4.39 Å². The van der Waals surface area contributed by atoms with Crippen LogP contribution in [0.25, 0.3) is 10.8 Å². The number of alkyl halides is 3. The maximum Gasteiger partial charge on any atom is 0.425 e. The molecule has 4 nitrogen and oxygen atoms in total. The van der Waals surface area contributed by atoms with Gasteiger partial charge in [-0.15, -0.1) is 5.10 Å². The standard InChI is InChI=1S/C17H13F4N3O/c1-10(17(19,20)21)25-16-15-7-6-14(8-11(15)9-22-24-16)23-13-4-2-12(18)3-5-13/h2-10,23H,1H3. The second-order valence-electron chi connectivity index (χ2n) is 5.39. The van der Waals surface area contributed by atoms with E-state index in [9.17, 15) is 17.6 Å². The van der Waals surface area contributed by atoms with E-state index in [-0.39, 0.29) is 11.7 Å². The van der Waals surface area contributed by atoms with Crippen molar-refractivity contribution in [3.8, 4) is 5.88 Å². The minimum absolute atomic E-state index is 0.185. The quantitative estimate of drug-likeness (QED) is 0.683. The van der Waals surface area contributed by atoms with Gasteiger partial charge in [0.2, 0.25) is 5.88 Å². The third-order valence-electron chi connectivity index (χ3n) is 3.51. The van der Waals surface area contributed by atoms with Gasteiger partial charge in [0.15, 0.2) is 6.10 Å². The van der Waals surface area contributed by atoms with E-state index in [1.807, 2.05) is 0 Å². The molecule has 2 aromatic carbocycles. The molecule has 130 valence electrons. The second kappa shape index (κ2) is 6.54. The zero-order valence-corrected chi connectivity index (χ0v) is 13.0. The molecule has 0 bridgehead atoms. The summed E-state index contributed by atoms with van der Waals surface area (Å²) in [6.45, 7) is 0.908. The van der Waals surface area contributed by atoms with Gasteiger partial charge in [-0.2, -0.15) is 18.3 Å². The van der Waals surface area contributed by atoms with Crippen LogP contribution in [0.5, 0.6) is 5.88 Å². The van der Waals surface area contributed by atoms with Gasteiger partial charge in [0, 0.05) is 22.1 Å². The van der Waals surface area contributed by atoms with Crippen molar-refractivity contribution in [2.24, 2.45) is 0 Å². The Labute approximate surface area is 140 Å². The van der Waals surface area contributed by atoms with Crippen LogP contribution in [0.4, 0.5) is 28.9 Å². The average molecular weight is 351 g/mol. The summed E-state index contributed by atoms with van der Waals surface area (Å²) in [6.07, 6.45) is -5.06. The number of nitrogens with one attached hydrogen (secondary N) is 1. The molecule has 3 rings (SSSR count). The minimum Gasteiger partial charge on any atom is -0.463 e. The lowest BCUT2D eigenvalue weighted by Crippen LogP contribution is -2.31. The lowest BCUT2D eigenvalue weighted by molar-refractivity contribution is -0.189. The van der Waals surface area contributed by atoms with E-state index in [2.05, 4.69) is 15.5 Å².